The zero-order chi connectivity index (χ0) is 13.8. The van der Waals surface area contributed by atoms with Gasteiger partial charge in [0.15, 0.2) is 0 Å². The molecule has 0 fully saturated rings. The Morgan fingerprint density at radius 2 is 1.95 bits per heavy atom. The van der Waals surface area contributed by atoms with Gasteiger partial charge in [-0.1, -0.05) is 29.8 Å². The van der Waals surface area contributed by atoms with Crippen molar-refractivity contribution in [2.24, 2.45) is 0 Å². The van der Waals surface area contributed by atoms with Gasteiger partial charge in [0.25, 0.3) is 0 Å². The van der Waals surface area contributed by atoms with Gasteiger partial charge in [0.05, 0.1) is 7.11 Å². The Balaban J connectivity index is 2.15. The van der Waals surface area contributed by atoms with Crippen molar-refractivity contribution < 1.29 is 4.74 Å². The van der Waals surface area contributed by atoms with E-state index in [1.807, 2.05) is 38.1 Å². The minimum Gasteiger partial charge on any atom is -0.496 e. The summed E-state index contributed by atoms with van der Waals surface area (Å²) < 4.78 is 5.29. The Kier molecular flexibility index (Phi) is 4.22. The third-order valence-corrected chi connectivity index (χ3v) is 3.33. The van der Waals surface area contributed by atoms with E-state index in [-0.39, 0.29) is 0 Å². The predicted octanol–water partition coefficient (Wildman–Crippen LogP) is 3.37. The average Bonchev–Trinajstić information content (AvgIpc) is 2.42. The molecule has 1 aromatic heterocycles. The molecule has 0 aliphatic carbocycles. The summed E-state index contributed by atoms with van der Waals surface area (Å²) in [6.07, 6.45) is 0. The van der Waals surface area contributed by atoms with E-state index in [0.29, 0.717) is 17.6 Å². The summed E-state index contributed by atoms with van der Waals surface area (Å²) in [5, 5.41) is 3.64. The minimum atomic E-state index is 0.482. The largest absolute Gasteiger partial charge is 0.496 e. The highest BCUT2D eigenvalue weighted by atomic mass is 35.5. The van der Waals surface area contributed by atoms with Gasteiger partial charge in [-0.25, -0.2) is 9.97 Å². The number of aryl methyl sites for hydroxylation is 1. The highest BCUT2D eigenvalue weighted by Crippen LogP contribution is 2.20. The molecule has 100 valence electrons. The summed E-state index contributed by atoms with van der Waals surface area (Å²) in [7, 11) is 1.65. The molecule has 0 atom stereocenters. The standard InChI is InChI=1S/C14H16ClN3O/c1-9-10(2)17-14(18-13(9)15)16-8-11-6-4-5-7-12(11)19-3/h4-7H,8H2,1-3H3,(H,16,17,18). The molecule has 0 aliphatic rings. The van der Waals surface area contributed by atoms with Crippen molar-refractivity contribution in [2.45, 2.75) is 20.4 Å². The van der Waals surface area contributed by atoms with Crippen molar-refractivity contribution in [3.63, 3.8) is 0 Å². The smallest absolute Gasteiger partial charge is 0.224 e. The van der Waals surface area contributed by atoms with Crippen LogP contribution in [0.4, 0.5) is 5.95 Å². The normalized spacial score (nSPS) is 10.3. The topological polar surface area (TPSA) is 47.0 Å². The molecule has 0 saturated heterocycles. The molecule has 4 nitrogen and oxygen atoms in total. The molecule has 5 heteroatoms. The summed E-state index contributed by atoms with van der Waals surface area (Å²) >= 11 is 6.04. The van der Waals surface area contributed by atoms with E-state index in [1.165, 1.54) is 0 Å². The lowest BCUT2D eigenvalue weighted by molar-refractivity contribution is 0.410. The summed E-state index contributed by atoms with van der Waals surface area (Å²) in [5.41, 5.74) is 2.83. The number of anilines is 1. The number of aromatic nitrogens is 2. The third-order valence-electron chi connectivity index (χ3n) is 2.96. The molecule has 2 rings (SSSR count). The molecule has 1 heterocycles. The fourth-order valence-electron chi connectivity index (χ4n) is 1.70. The lowest BCUT2D eigenvalue weighted by Gasteiger charge is -2.10. The fourth-order valence-corrected chi connectivity index (χ4v) is 1.91. The Bertz CT molecular complexity index is 564. The van der Waals surface area contributed by atoms with E-state index in [1.54, 1.807) is 7.11 Å². The number of hydrogen-bond acceptors (Lipinski definition) is 4. The first-order valence-electron chi connectivity index (χ1n) is 5.98. The van der Waals surface area contributed by atoms with Crippen molar-refractivity contribution in [3.8, 4) is 5.75 Å². The first-order chi connectivity index (χ1) is 9.11. The van der Waals surface area contributed by atoms with Gasteiger partial charge in [0.2, 0.25) is 5.95 Å². The predicted molar refractivity (Wildman–Crippen MR) is 76.8 cm³/mol. The van der Waals surface area contributed by atoms with Gasteiger partial charge < -0.3 is 10.1 Å². The molecule has 0 bridgehead atoms. The van der Waals surface area contributed by atoms with Gasteiger partial charge in [0, 0.05) is 23.4 Å². The Morgan fingerprint density at radius 3 is 2.63 bits per heavy atom. The molecular weight excluding hydrogens is 262 g/mol. The van der Waals surface area contributed by atoms with Crippen LogP contribution in [0.3, 0.4) is 0 Å². The molecule has 0 saturated carbocycles. The van der Waals surface area contributed by atoms with Crippen LogP contribution in [-0.2, 0) is 6.54 Å². The minimum absolute atomic E-state index is 0.482. The first kappa shape index (κ1) is 13.6. The molecule has 0 spiro atoms. The van der Waals surface area contributed by atoms with Gasteiger partial charge in [0.1, 0.15) is 10.9 Å². The molecule has 0 radical (unpaired) electrons. The Labute approximate surface area is 117 Å². The van der Waals surface area contributed by atoms with E-state index in [9.17, 15) is 0 Å². The van der Waals surface area contributed by atoms with E-state index >= 15 is 0 Å². The molecule has 1 aromatic carbocycles. The van der Waals surface area contributed by atoms with Crippen LogP contribution in [0.25, 0.3) is 0 Å². The summed E-state index contributed by atoms with van der Waals surface area (Å²) in [4.78, 5) is 8.56. The molecule has 19 heavy (non-hydrogen) atoms. The number of ether oxygens (including phenoxy) is 1. The average molecular weight is 278 g/mol. The maximum Gasteiger partial charge on any atom is 0.224 e. The zero-order valence-electron chi connectivity index (χ0n) is 11.2. The molecule has 0 unspecified atom stereocenters. The molecule has 0 amide bonds. The van der Waals surface area contributed by atoms with Crippen LogP contribution in [0, 0.1) is 13.8 Å². The number of nitrogens with zero attached hydrogens (tertiary/aromatic N) is 2. The zero-order valence-corrected chi connectivity index (χ0v) is 12.0. The van der Waals surface area contributed by atoms with E-state index in [0.717, 1.165) is 22.6 Å². The van der Waals surface area contributed by atoms with Gasteiger partial charge in [-0.05, 0) is 19.9 Å². The van der Waals surface area contributed by atoms with Crippen LogP contribution in [0.15, 0.2) is 24.3 Å². The van der Waals surface area contributed by atoms with Crippen molar-refractivity contribution in [3.05, 3.63) is 46.2 Å². The van der Waals surface area contributed by atoms with Crippen molar-refractivity contribution in [2.75, 3.05) is 12.4 Å². The van der Waals surface area contributed by atoms with Crippen LogP contribution in [0.1, 0.15) is 16.8 Å². The highest BCUT2D eigenvalue weighted by Gasteiger charge is 2.07. The number of para-hydroxylation sites is 1. The SMILES string of the molecule is COc1ccccc1CNc1nc(C)c(C)c(Cl)n1. The van der Waals surface area contributed by atoms with Gasteiger partial charge >= 0.3 is 0 Å². The maximum absolute atomic E-state index is 6.04. The van der Waals surface area contributed by atoms with Gasteiger partial charge in [-0.2, -0.15) is 0 Å². The second-order valence-electron chi connectivity index (χ2n) is 4.21. The molecular formula is C14H16ClN3O. The van der Waals surface area contributed by atoms with Crippen LogP contribution in [0.5, 0.6) is 5.75 Å². The van der Waals surface area contributed by atoms with Crippen molar-refractivity contribution in [1.82, 2.24) is 9.97 Å². The number of benzene rings is 1. The third kappa shape index (κ3) is 3.15. The van der Waals surface area contributed by atoms with E-state index in [2.05, 4.69) is 15.3 Å². The van der Waals surface area contributed by atoms with E-state index < -0.39 is 0 Å². The second kappa shape index (κ2) is 5.89. The highest BCUT2D eigenvalue weighted by molar-refractivity contribution is 6.30. The Hall–Kier alpha value is -1.81. The number of rotatable bonds is 4. The maximum atomic E-state index is 6.04. The summed E-state index contributed by atoms with van der Waals surface area (Å²) in [6.45, 7) is 4.40. The van der Waals surface area contributed by atoms with Crippen LogP contribution in [0.2, 0.25) is 5.15 Å². The first-order valence-corrected chi connectivity index (χ1v) is 6.36. The fraction of sp³-hybridized carbons (Fsp3) is 0.286. The van der Waals surface area contributed by atoms with Crippen molar-refractivity contribution in [1.29, 1.82) is 0 Å². The quantitative estimate of drug-likeness (QED) is 0.871. The second-order valence-corrected chi connectivity index (χ2v) is 4.57. The van der Waals surface area contributed by atoms with Crippen LogP contribution < -0.4 is 10.1 Å². The van der Waals surface area contributed by atoms with Crippen molar-refractivity contribution >= 4 is 17.5 Å². The van der Waals surface area contributed by atoms with Gasteiger partial charge in [-0.3, -0.25) is 0 Å². The number of nitrogens with one attached hydrogen (secondary N) is 1. The molecule has 2 aromatic rings. The number of halogens is 1. The van der Waals surface area contributed by atoms with Gasteiger partial charge in [-0.15, -0.1) is 0 Å². The van der Waals surface area contributed by atoms with E-state index in [4.69, 9.17) is 16.3 Å². The number of hydrogen-bond donors (Lipinski definition) is 1. The Morgan fingerprint density at radius 1 is 1.21 bits per heavy atom. The van der Waals surface area contributed by atoms with Crippen LogP contribution in [-0.4, -0.2) is 17.1 Å². The lowest BCUT2D eigenvalue weighted by Crippen LogP contribution is -2.06. The molecule has 1 N–H and O–H groups in total. The summed E-state index contributed by atoms with van der Waals surface area (Å²) in [6, 6.07) is 7.82. The monoisotopic (exact) mass is 277 g/mol. The summed E-state index contributed by atoms with van der Waals surface area (Å²) in [5.74, 6) is 1.36. The van der Waals surface area contributed by atoms with Crippen LogP contribution >= 0.6 is 11.6 Å². The number of methoxy groups -OCH3 is 1. The lowest BCUT2D eigenvalue weighted by atomic mass is 10.2. The molecule has 0 aliphatic heterocycles.